The van der Waals surface area contributed by atoms with Crippen molar-refractivity contribution in [2.24, 2.45) is 5.14 Å². The first kappa shape index (κ1) is 13.0. The highest BCUT2D eigenvalue weighted by atomic mass is 32.2. The summed E-state index contributed by atoms with van der Waals surface area (Å²) in [7, 11) is -2.74. The van der Waals surface area contributed by atoms with E-state index in [1.807, 2.05) is 0 Å². The van der Waals surface area contributed by atoms with Gasteiger partial charge in [-0.2, -0.15) is 12.7 Å². The van der Waals surface area contributed by atoms with Crippen molar-refractivity contribution in [1.82, 2.24) is 4.31 Å². The molecule has 0 saturated heterocycles. The van der Waals surface area contributed by atoms with Gasteiger partial charge < -0.3 is 0 Å². The Labute approximate surface area is 92.9 Å². The van der Waals surface area contributed by atoms with Gasteiger partial charge in [-0.3, -0.25) is 0 Å². The van der Waals surface area contributed by atoms with Crippen LogP contribution in [0.15, 0.2) is 18.2 Å². The summed E-state index contributed by atoms with van der Waals surface area (Å²) < 4.78 is 49.1. The van der Waals surface area contributed by atoms with Crippen LogP contribution in [-0.4, -0.2) is 19.8 Å². The average Bonchev–Trinajstić information content (AvgIpc) is 2.18. The van der Waals surface area contributed by atoms with Crippen molar-refractivity contribution in [3.05, 3.63) is 35.4 Å². The van der Waals surface area contributed by atoms with Crippen LogP contribution in [0.25, 0.3) is 0 Å². The van der Waals surface area contributed by atoms with Crippen molar-refractivity contribution in [2.75, 3.05) is 7.05 Å². The molecule has 1 rings (SSSR count). The lowest BCUT2D eigenvalue weighted by molar-refractivity contribution is 0.386. The van der Waals surface area contributed by atoms with Gasteiger partial charge in [0.1, 0.15) is 11.6 Å². The molecule has 0 fully saturated rings. The summed E-state index contributed by atoms with van der Waals surface area (Å²) in [6.07, 6.45) is 0. The number of nitrogens with two attached hydrogens (primary N) is 1. The molecule has 0 radical (unpaired) electrons. The maximum absolute atomic E-state index is 13.3. The minimum Gasteiger partial charge on any atom is -0.216 e. The van der Waals surface area contributed by atoms with Crippen LogP contribution in [0.4, 0.5) is 8.78 Å². The van der Waals surface area contributed by atoms with Gasteiger partial charge in [-0.25, -0.2) is 13.9 Å². The van der Waals surface area contributed by atoms with E-state index in [1.54, 1.807) is 0 Å². The first-order valence-corrected chi connectivity index (χ1v) is 5.94. The number of nitrogens with zero attached hydrogens (tertiary/aromatic N) is 1. The summed E-state index contributed by atoms with van der Waals surface area (Å²) in [6.45, 7) is 1.42. The van der Waals surface area contributed by atoms with E-state index in [4.69, 9.17) is 5.14 Å². The van der Waals surface area contributed by atoms with Crippen LogP contribution in [0.5, 0.6) is 0 Å². The fraction of sp³-hybridized carbons (Fsp3) is 0.333. The van der Waals surface area contributed by atoms with Gasteiger partial charge in [-0.1, -0.05) is 0 Å². The molecule has 4 nitrogen and oxygen atoms in total. The minimum atomic E-state index is -3.94. The Balaban J connectivity index is 3.14. The molecular weight excluding hydrogens is 238 g/mol. The Morgan fingerprint density at radius 1 is 1.38 bits per heavy atom. The molecule has 16 heavy (non-hydrogen) atoms. The molecule has 1 aromatic carbocycles. The molecule has 0 aromatic heterocycles. The first-order valence-electron chi connectivity index (χ1n) is 4.44. The SMILES string of the molecule is CC(c1cc(F)ccc1F)N(C)S(N)(=O)=O. The standard InChI is InChI=1S/C9H12F2N2O2S/c1-6(13(2)16(12,14)15)8-5-7(10)3-4-9(8)11/h3-6H,1-2H3,(H2,12,14,15). The Hall–Kier alpha value is -1.05. The van der Waals surface area contributed by atoms with Gasteiger partial charge in [0.15, 0.2) is 0 Å². The van der Waals surface area contributed by atoms with Gasteiger partial charge in [-0.15, -0.1) is 0 Å². The van der Waals surface area contributed by atoms with Gasteiger partial charge >= 0.3 is 0 Å². The predicted octanol–water partition coefficient (Wildman–Crippen LogP) is 1.16. The number of hydrogen-bond acceptors (Lipinski definition) is 2. The summed E-state index contributed by atoms with van der Waals surface area (Å²) in [5, 5.41) is 4.89. The molecule has 90 valence electrons. The van der Waals surface area contributed by atoms with Gasteiger partial charge in [0.25, 0.3) is 10.2 Å². The second kappa shape index (κ2) is 4.44. The molecule has 0 spiro atoms. The van der Waals surface area contributed by atoms with Gasteiger partial charge in [0.05, 0.1) is 6.04 Å². The van der Waals surface area contributed by atoms with Crippen LogP contribution in [0, 0.1) is 11.6 Å². The van der Waals surface area contributed by atoms with E-state index < -0.39 is 27.9 Å². The molecule has 2 N–H and O–H groups in total. The monoisotopic (exact) mass is 250 g/mol. The van der Waals surface area contributed by atoms with Crippen molar-refractivity contribution in [3.63, 3.8) is 0 Å². The normalized spacial score (nSPS) is 14.1. The number of halogens is 2. The van der Waals surface area contributed by atoms with Gasteiger partial charge in [0.2, 0.25) is 0 Å². The zero-order chi connectivity index (χ0) is 12.5. The van der Waals surface area contributed by atoms with E-state index in [2.05, 4.69) is 0 Å². The third-order valence-electron chi connectivity index (χ3n) is 2.35. The minimum absolute atomic E-state index is 0.0588. The first-order chi connectivity index (χ1) is 7.23. The number of hydrogen-bond donors (Lipinski definition) is 1. The molecule has 0 saturated carbocycles. The van der Waals surface area contributed by atoms with Crippen molar-refractivity contribution in [3.8, 4) is 0 Å². The molecule has 0 aliphatic rings. The summed E-state index contributed by atoms with van der Waals surface area (Å²) in [4.78, 5) is 0. The Morgan fingerprint density at radius 2 is 1.94 bits per heavy atom. The molecule has 0 bridgehead atoms. The van der Waals surface area contributed by atoms with E-state index in [1.165, 1.54) is 14.0 Å². The Kier molecular flexibility index (Phi) is 3.61. The Bertz CT molecular complexity index is 490. The van der Waals surface area contributed by atoms with Crippen LogP contribution in [-0.2, 0) is 10.2 Å². The van der Waals surface area contributed by atoms with Gasteiger partial charge in [-0.05, 0) is 25.1 Å². The zero-order valence-corrected chi connectivity index (χ0v) is 9.63. The lowest BCUT2D eigenvalue weighted by Gasteiger charge is -2.22. The third-order valence-corrected chi connectivity index (χ3v) is 3.47. The van der Waals surface area contributed by atoms with E-state index in [0.717, 1.165) is 22.5 Å². The van der Waals surface area contributed by atoms with Crippen molar-refractivity contribution in [2.45, 2.75) is 13.0 Å². The van der Waals surface area contributed by atoms with Crippen LogP contribution in [0.1, 0.15) is 18.5 Å². The highest BCUT2D eigenvalue weighted by Gasteiger charge is 2.23. The van der Waals surface area contributed by atoms with Crippen molar-refractivity contribution >= 4 is 10.2 Å². The maximum atomic E-state index is 13.3. The van der Waals surface area contributed by atoms with E-state index in [0.29, 0.717) is 0 Å². The fourth-order valence-electron chi connectivity index (χ4n) is 1.25. The van der Waals surface area contributed by atoms with Crippen LogP contribution < -0.4 is 5.14 Å². The largest absolute Gasteiger partial charge is 0.277 e. The van der Waals surface area contributed by atoms with E-state index in [-0.39, 0.29) is 5.56 Å². The smallest absolute Gasteiger partial charge is 0.216 e. The van der Waals surface area contributed by atoms with Crippen LogP contribution in [0.3, 0.4) is 0 Å². The van der Waals surface area contributed by atoms with Crippen molar-refractivity contribution < 1.29 is 17.2 Å². The van der Waals surface area contributed by atoms with E-state index in [9.17, 15) is 17.2 Å². The molecule has 0 heterocycles. The third kappa shape index (κ3) is 2.75. The topological polar surface area (TPSA) is 63.4 Å². The highest BCUT2D eigenvalue weighted by Crippen LogP contribution is 2.23. The molecule has 1 atom stereocenters. The van der Waals surface area contributed by atoms with Crippen LogP contribution >= 0.6 is 0 Å². The molecule has 1 aromatic rings. The lowest BCUT2D eigenvalue weighted by atomic mass is 10.1. The summed E-state index contributed by atoms with van der Waals surface area (Å²) in [6, 6.07) is 1.98. The summed E-state index contributed by atoms with van der Waals surface area (Å²) in [5.41, 5.74) is -0.0588. The zero-order valence-electron chi connectivity index (χ0n) is 8.81. The van der Waals surface area contributed by atoms with Crippen LogP contribution in [0.2, 0.25) is 0 Å². The predicted molar refractivity (Wildman–Crippen MR) is 55.6 cm³/mol. The lowest BCUT2D eigenvalue weighted by Crippen LogP contribution is -2.35. The Morgan fingerprint density at radius 3 is 2.44 bits per heavy atom. The quantitative estimate of drug-likeness (QED) is 0.875. The molecule has 1 unspecified atom stereocenters. The average molecular weight is 250 g/mol. The number of benzene rings is 1. The summed E-state index contributed by atoms with van der Waals surface area (Å²) >= 11 is 0. The molecule has 0 aliphatic carbocycles. The second-order valence-corrected chi connectivity index (χ2v) is 5.01. The van der Waals surface area contributed by atoms with E-state index >= 15 is 0 Å². The molecular formula is C9H12F2N2O2S. The molecule has 0 amide bonds. The van der Waals surface area contributed by atoms with Crippen molar-refractivity contribution in [1.29, 1.82) is 0 Å². The van der Waals surface area contributed by atoms with Gasteiger partial charge in [0, 0.05) is 12.6 Å². The highest BCUT2D eigenvalue weighted by molar-refractivity contribution is 7.86. The molecule has 0 aliphatic heterocycles. The molecule has 7 heteroatoms. The fourth-order valence-corrected chi connectivity index (χ4v) is 1.81. The maximum Gasteiger partial charge on any atom is 0.277 e. The number of rotatable bonds is 3. The summed E-state index contributed by atoms with van der Waals surface area (Å²) in [5.74, 6) is -1.31. The second-order valence-electron chi connectivity index (χ2n) is 3.40.